The van der Waals surface area contributed by atoms with Crippen LogP contribution in [0.4, 0.5) is 0 Å². The second-order valence-corrected chi connectivity index (χ2v) is 7.08. The van der Waals surface area contributed by atoms with Crippen molar-refractivity contribution >= 4 is 11.8 Å². The monoisotopic (exact) mass is 364 g/mol. The molecule has 4 nitrogen and oxygen atoms in total. The zero-order valence-corrected chi connectivity index (χ0v) is 16.2. The van der Waals surface area contributed by atoms with Crippen LogP contribution in [0.5, 0.6) is 0 Å². The molecule has 3 rings (SSSR count). The number of hydrogen-bond donors (Lipinski definition) is 0. The van der Waals surface area contributed by atoms with E-state index in [0.29, 0.717) is 26.1 Å². The molecule has 0 bridgehead atoms. The van der Waals surface area contributed by atoms with E-state index in [1.54, 1.807) is 0 Å². The summed E-state index contributed by atoms with van der Waals surface area (Å²) in [5.41, 5.74) is 2.95. The zero-order chi connectivity index (χ0) is 19.2. The number of nitrogens with zero attached hydrogens (tertiary/aromatic N) is 2. The molecular weight excluding hydrogens is 336 g/mol. The molecule has 1 heterocycles. The number of rotatable bonds is 5. The fraction of sp³-hybridized carbons (Fsp3) is 0.391. The fourth-order valence-electron chi connectivity index (χ4n) is 3.76. The van der Waals surface area contributed by atoms with E-state index in [0.717, 1.165) is 29.5 Å². The molecule has 0 saturated carbocycles. The maximum atomic E-state index is 13.2. The Hall–Kier alpha value is -2.62. The van der Waals surface area contributed by atoms with Crippen LogP contribution < -0.4 is 0 Å². The average Bonchev–Trinajstić information content (AvgIpc) is 2.87. The van der Waals surface area contributed by atoms with Crippen molar-refractivity contribution < 1.29 is 9.59 Å². The Morgan fingerprint density at radius 2 is 1.74 bits per heavy atom. The van der Waals surface area contributed by atoms with Gasteiger partial charge in [0, 0.05) is 37.7 Å². The lowest BCUT2D eigenvalue weighted by Crippen LogP contribution is -2.43. The van der Waals surface area contributed by atoms with Crippen molar-refractivity contribution in [1.82, 2.24) is 9.80 Å². The van der Waals surface area contributed by atoms with Gasteiger partial charge in [-0.25, -0.2) is 0 Å². The van der Waals surface area contributed by atoms with Crippen LogP contribution in [0.2, 0.25) is 0 Å². The number of hydrogen-bond acceptors (Lipinski definition) is 2. The Bertz CT molecular complexity index is 788. The molecule has 2 aromatic carbocycles. The van der Waals surface area contributed by atoms with Gasteiger partial charge in [0.1, 0.15) is 0 Å². The van der Waals surface area contributed by atoms with Gasteiger partial charge in [0.15, 0.2) is 0 Å². The normalized spacial score (nSPS) is 17.7. The van der Waals surface area contributed by atoms with Crippen LogP contribution >= 0.6 is 0 Å². The van der Waals surface area contributed by atoms with Crippen LogP contribution in [0.3, 0.4) is 0 Å². The third kappa shape index (κ3) is 4.38. The van der Waals surface area contributed by atoms with Gasteiger partial charge in [-0.1, -0.05) is 62.4 Å². The number of carbonyl (C=O) groups is 2. The molecule has 1 atom stereocenters. The molecule has 1 saturated heterocycles. The molecule has 1 aliphatic heterocycles. The minimum atomic E-state index is 0.0398. The lowest BCUT2D eigenvalue weighted by atomic mass is 10.0. The highest BCUT2D eigenvalue weighted by Gasteiger charge is 2.31. The van der Waals surface area contributed by atoms with Crippen molar-refractivity contribution in [2.75, 3.05) is 13.1 Å². The first kappa shape index (κ1) is 19.2. The first-order chi connectivity index (χ1) is 13.1. The van der Waals surface area contributed by atoms with E-state index in [1.807, 2.05) is 64.4 Å². The summed E-state index contributed by atoms with van der Waals surface area (Å²) >= 11 is 0. The molecule has 2 aromatic rings. The molecule has 0 aliphatic carbocycles. The predicted molar refractivity (Wildman–Crippen MR) is 107 cm³/mol. The largest absolute Gasteiger partial charge is 0.336 e. The molecule has 1 fully saturated rings. The quantitative estimate of drug-likeness (QED) is 0.807. The Balaban J connectivity index is 1.81. The van der Waals surface area contributed by atoms with Crippen LogP contribution in [-0.4, -0.2) is 40.7 Å². The molecule has 0 N–H and O–H groups in total. The third-order valence-electron chi connectivity index (χ3n) is 5.37. The summed E-state index contributed by atoms with van der Waals surface area (Å²) in [5, 5.41) is 0. The van der Waals surface area contributed by atoms with Gasteiger partial charge in [-0.2, -0.15) is 0 Å². The topological polar surface area (TPSA) is 40.6 Å². The molecule has 2 amide bonds. The van der Waals surface area contributed by atoms with Crippen molar-refractivity contribution in [2.45, 2.75) is 45.7 Å². The maximum absolute atomic E-state index is 13.2. The molecule has 1 aliphatic rings. The Kier molecular flexibility index (Phi) is 6.28. The van der Waals surface area contributed by atoms with Gasteiger partial charge in [0.25, 0.3) is 5.91 Å². The van der Waals surface area contributed by atoms with E-state index in [-0.39, 0.29) is 17.9 Å². The highest BCUT2D eigenvalue weighted by atomic mass is 16.2. The highest BCUT2D eigenvalue weighted by Crippen LogP contribution is 2.20. The van der Waals surface area contributed by atoms with E-state index in [4.69, 9.17) is 0 Å². The first-order valence-corrected chi connectivity index (χ1v) is 9.84. The van der Waals surface area contributed by atoms with E-state index in [2.05, 4.69) is 13.8 Å². The number of amides is 2. The highest BCUT2D eigenvalue weighted by molar-refractivity contribution is 5.96. The Morgan fingerprint density at radius 3 is 2.44 bits per heavy atom. The molecule has 0 spiro atoms. The van der Waals surface area contributed by atoms with E-state index in [9.17, 15) is 9.59 Å². The van der Waals surface area contributed by atoms with Gasteiger partial charge < -0.3 is 9.80 Å². The van der Waals surface area contributed by atoms with Crippen molar-refractivity contribution in [3.8, 4) is 0 Å². The van der Waals surface area contributed by atoms with Crippen molar-refractivity contribution in [2.24, 2.45) is 0 Å². The van der Waals surface area contributed by atoms with Gasteiger partial charge in [0.05, 0.1) is 0 Å². The standard InChI is InChI=1S/C23H28N2O2/c1-3-19-12-8-9-13-21(19)23(27)24-15-14-22(26)25(20(4-2)17-24)16-18-10-6-5-7-11-18/h5-13,20H,3-4,14-17H2,1-2H3. The molecule has 142 valence electrons. The summed E-state index contributed by atoms with van der Waals surface area (Å²) < 4.78 is 0. The van der Waals surface area contributed by atoms with Crippen molar-refractivity contribution in [1.29, 1.82) is 0 Å². The Labute approximate surface area is 161 Å². The predicted octanol–water partition coefficient (Wildman–Crippen LogP) is 3.90. The van der Waals surface area contributed by atoms with Crippen molar-refractivity contribution in [3.63, 3.8) is 0 Å². The van der Waals surface area contributed by atoms with Gasteiger partial charge in [-0.3, -0.25) is 9.59 Å². The third-order valence-corrected chi connectivity index (χ3v) is 5.37. The summed E-state index contributed by atoms with van der Waals surface area (Å²) in [6.07, 6.45) is 2.03. The summed E-state index contributed by atoms with van der Waals surface area (Å²) in [5.74, 6) is 0.171. The first-order valence-electron chi connectivity index (χ1n) is 9.84. The summed E-state index contributed by atoms with van der Waals surface area (Å²) in [6.45, 7) is 5.83. The van der Waals surface area contributed by atoms with Crippen LogP contribution in [0, 0.1) is 0 Å². The van der Waals surface area contributed by atoms with Gasteiger partial charge in [-0.15, -0.1) is 0 Å². The van der Waals surface area contributed by atoms with Crippen LogP contribution in [0.1, 0.15) is 48.2 Å². The second kappa shape index (κ2) is 8.85. The lowest BCUT2D eigenvalue weighted by Gasteiger charge is -2.31. The van der Waals surface area contributed by atoms with Crippen molar-refractivity contribution in [3.05, 3.63) is 71.3 Å². The lowest BCUT2D eigenvalue weighted by molar-refractivity contribution is -0.133. The average molecular weight is 364 g/mol. The maximum Gasteiger partial charge on any atom is 0.254 e. The summed E-state index contributed by atoms with van der Waals surface area (Å²) in [4.78, 5) is 29.8. The van der Waals surface area contributed by atoms with Gasteiger partial charge in [0.2, 0.25) is 5.91 Å². The molecule has 0 radical (unpaired) electrons. The zero-order valence-electron chi connectivity index (χ0n) is 16.2. The summed E-state index contributed by atoms with van der Waals surface area (Å²) in [6, 6.07) is 17.9. The Morgan fingerprint density at radius 1 is 1.04 bits per heavy atom. The SMILES string of the molecule is CCc1ccccc1C(=O)N1CCC(=O)N(Cc2ccccc2)C(CC)C1. The molecule has 27 heavy (non-hydrogen) atoms. The van der Waals surface area contributed by atoms with Crippen LogP contribution in [0.25, 0.3) is 0 Å². The summed E-state index contributed by atoms with van der Waals surface area (Å²) in [7, 11) is 0. The fourth-order valence-corrected chi connectivity index (χ4v) is 3.76. The molecule has 0 aromatic heterocycles. The number of aryl methyl sites for hydroxylation is 1. The molecule has 1 unspecified atom stereocenters. The second-order valence-electron chi connectivity index (χ2n) is 7.08. The van der Waals surface area contributed by atoms with Crippen LogP contribution in [-0.2, 0) is 17.8 Å². The van der Waals surface area contributed by atoms with E-state index in [1.165, 1.54) is 0 Å². The van der Waals surface area contributed by atoms with Gasteiger partial charge in [-0.05, 0) is 30.0 Å². The molecule has 4 heteroatoms. The number of carbonyl (C=O) groups excluding carboxylic acids is 2. The minimum absolute atomic E-state index is 0.0398. The van der Waals surface area contributed by atoms with E-state index < -0.39 is 0 Å². The van der Waals surface area contributed by atoms with Crippen LogP contribution in [0.15, 0.2) is 54.6 Å². The smallest absolute Gasteiger partial charge is 0.254 e. The minimum Gasteiger partial charge on any atom is -0.336 e. The number of benzene rings is 2. The van der Waals surface area contributed by atoms with E-state index >= 15 is 0 Å². The molecular formula is C23H28N2O2. The van der Waals surface area contributed by atoms with Gasteiger partial charge >= 0.3 is 0 Å².